The summed E-state index contributed by atoms with van der Waals surface area (Å²) >= 11 is 0. The maximum atomic E-state index is 12.4. The highest BCUT2D eigenvalue weighted by Gasteiger charge is 2.16. The van der Waals surface area contributed by atoms with Gasteiger partial charge in [0, 0.05) is 36.4 Å². The Labute approximate surface area is 168 Å². The maximum absolute atomic E-state index is 12.4. The molecule has 0 saturated heterocycles. The van der Waals surface area contributed by atoms with Gasteiger partial charge >= 0.3 is 0 Å². The SMILES string of the molecule is CC(C)N(CCNC(=O)c1cccc(NS(=O)(=O)c2ccccc2)c1)C(C)C. The molecule has 7 heteroatoms. The molecule has 6 nitrogen and oxygen atoms in total. The molecule has 0 unspecified atom stereocenters. The average molecular weight is 404 g/mol. The van der Waals surface area contributed by atoms with E-state index in [4.69, 9.17) is 0 Å². The van der Waals surface area contributed by atoms with Gasteiger partial charge in [0.2, 0.25) is 0 Å². The summed E-state index contributed by atoms with van der Waals surface area (Å²) in [4.78, 5) is 14.9. The van der Waals surface area contributed by atoms with Crippen LogP contribution in [0.1, 0.15) is 38.1 Å². The minimum absolute atomic E-state index is 0.173. The van der Waals surface area contributed by atoms with Crippen molar-refractivity contribution < 1.29 is 13.2 Å². The zero-order chi connectivity index (χ0) is 20.7. The van der Waals surface area contributed by atoms with Crippen molar-refractivity contribution in [1.82, 2.24) is 10.2 Å². The number of nitrogens with zero attached hydrogens (tertiary/aromatic N) is 1. The number of rotatable bonds is 9. The molecule has 0 aliphatic heterocycles. The van der Waals surface area contributed by atoms with Crippen molar-refractivity contribution in [3.8, 4) is 0 Å². The second kappa shape index (κ2) is 9.71. The van der Waals surface area contributed by atoms with Gasteiger partial charge in [0.05, 0.1) is 4.90 Å². The topological polar surface area (TPSA) is 78.5 Å². The van der Waals surface area contributed by atoms with Gasteiger partial charge in [-0.1, -0.05) is 24.3 Å². The maximum Gasteiger partial charge on any atom is 0.261 e. The molecule has 2 aromatic rings. The zero-order valence-electron chi connectivity index (χ0n) is 16.8. The molecule has 0 bridgehead atoms. The third-order valence-corrected chi connectivity index (χ3v) is 5.81. The fraction of sp³-hybridized carbons (Fsp3) is 0.381. The molecule has 0 aliphatic carbocycles. The Hall–Kier alpha value is -2.38. The highest BCUT2D eigenvalue weighted by atomic mass is 32.2. The molecular weight excluding hydrogens is 374 g/mol. The van der Waals surface area contributed by atoms with Gasteiger partial charge < -0.3 is 5.32 Å². The number of nitrogens with one attached hydrogen (secondary N) is 2. The van der Waals surface area contributed by atoms with Crippen LogP contribution < -0.4 is 10.0 Å². The normalized spacial score (nSPS) is 11.8. The highest BCUT2D eigenvalue weighted by Crippen LogP contribution is 2.17. The number of hydrogen-bond donors (Lipinski definition) is 2. The van der Waals surface area contributed by atoms with Crippen molar-refractivity contribution in [2.24, 2.45) is 0 Å². The van der Waals surface area contributed by atoms with Crippen LogP contribution in [0.4, 0.5) is 5.69 Å². The lowest BCUT2D eigenvalue weighted by Gasteiger charge is -2.30. The largest absolute Gasteiger partial charge is 0.351 e. The molecule has 0 aromatic heterocycles. The monoisotopic (exact) mass is 403 g/mol. The van der Waals surface area contributed by atoms with Crippen LogP contribution in [-0.4, -0.2) is 44.4 Å². The van der Waals surface area contributed by atoms with Gasteiger partial charge in [-0.2, -0.15) is 0 Å². The first-order valence-electron chi connectivity index (χ1n) is 9.42. The summed E-state index contributed by atoms with van der Waals surface area (Å²) < 4.78 is 27.4. The second-order valence-electron chi connectivity index (χ2n) is 7.18. The summed E-state index contributed by atoms with van der Waals surface area (Å²) in [5.74, 6) is -0.228. The summed E-state index contributed by atoms with van der Waals surface area (Å²) in [6.45, 7) is 9.79. The quantitative estimate of drug-likeness (QED) is 0.673. The van der Waals surface area contributed by atoms with E-state index in [1.54, 1.807) is 42.5 Å². The Morgan fingerprint density at radius 1 is 0.964 bits per heavy atom. The minimum atomic E-state index is -3.69. The molecule has 0 spiro atoms. The van der Waals surface area contributed by atoms with E-state index in [0.29, 0.717) is 29.9 Å². The molecule has 2 aromatic carbocycles. The Kier molecular flexibility index (Phi) is 7.60. The average Bonchev–Trinajstić information content (AvgIpc) is 2.65. The predicted octanol–water partition coefficient (Wildman–Crippen LogP) is 3.34. The first kappa shape index (κ1) is 21.9. The number of sulfonamides is 1. The lowest BCUT2D eigenvalue weighted by Crippen LogP contribution is -2.42. The van der Waals surface area contributed by atoms with Crippen LogP contribution in [0.3, 0.4) is 0 Å². The van der Waals surface area contributed by atoms with Crippen molar-refractivity contribution in [3.63, 3.8) is 0 Å². The minimum Gasteiger partial charge on any atom is -0.351 e. The summed E-state index contributed by atoms with van der Waals surface area (Å²) in [5, 5.41) is 2.90. The summed E-state index contributed by atoms with van der Waals surface area (Å²) in [6, 6.07) is 15.4. The van der Waals surface area contributed by atoms with Crippen LogP contribution >= 0.6 is 0 Å². The molecule has 0 atom stereocenters. The molecule has 1 amide bonds. The molecular formula is C21H29N3O3S. The summed E-state index contributed by atoms with van der Waals surface area (Å²) in [7, 11) is -3.69. The van der Waals surface area contributed by atoms with Gasteiger partial charge in [-0.15, -0.1) is 0 Å². The fourth-order valence-corrected chi connectivity index (χ4v) is 4.12. The smallest absolute Gasteiger partial charge is 0.261 e. The molecule has 0 radical (unpaired) electrons. The van der Waals surface area contributed by atoms with Gasteiger partial charge in [-0.3, -0.25) is 14.4 Å². The van der Waals surface area contributed by atoms with Gasteiger partial charge in [0.1, 0.15) is 0 Å². The molecule has 0 saturated carbocycles. The molecule has 0 heterocycles. The van der Waals surface area contributed by atoms with Gasteiger partial charge in [0.25, 0.3) is 15.9 Å². The van der Waals surface area contributed by atoms with Crippen molar-refractivity contribution >= 4 is 21.6 Å². The summed E-state index contributed by atoms with van der Waals surface area (Å²) in [6.07, 6.45) is 0. The lowest BCUT2D eigenvalue weighted by atomic mass is 10.2. The third-order valence-electron chi connectivity index (χ3n) is 4.41. The Balaban J connectivity index is 2.01. The second-order valence-corrected chi connectivity index (χ2v) is 8.86. The number of hydrogen-bond acceptors (Lipinski definition) is 4. The third kappa shape index (κ3) is 6.07. The van der Waals surface area contributed by atoms with Gasteiger partial charge in [0.15, 0.2) is 0 Å². The van der Waals surface area contributed by atoms with E-state index in [1.165, 1.54) is 12.1 Å². The van der Waals surface area contributed by atoms with Crippen LogP contribution in [0.2, 0.25) is 0 Å². The van der Waals surface area contributed by atoms with E-state index in [-0.39, 0.29) is 10.8 Å². The van der Waals surface area contributed by atoms with Crippen LogP contribution in [0.15, 0.2) is 59.5 Å². The number of amides is 1. The molecule has 2 N–H and O–H groups in total. The molecule has 152 valence electrons. The standard InChI is InChI=1S/C21H29N3O3S/c1-16(2)24(17(3)4)14-13-22-21(25)18-9-8-10-19(15-18)23-28(26,27)20-11-6-5-7-12-20/h5-12,15-17,23H,13-14H2,1-4H3,(H,22,25). The van der Waals surface area contributed by atoms with Crippen molar-refractivity contribution in [2.75, 3.05) is 17.8 Å². The molecule has 0 aliphatic rings. The molecule has 28 heavy (non-hydrogen) atoms. The summed E-state index contributed by atoms with van der Waals surface area (Å²) in [5.41, 5.74) is 0.761. The van der Waals surface area contributed by atoms with Crippen molar-refractivity contribution in [1.29, 1.82) is 0 Å². The van der Waals surface area contributed by atoms with Crippen LogP contribution in [0.25, 0.3) is 0 Å². The molecule has 2 rings (SSSR count). The number of anilines is 1. The zero-order valence-corrected chi connectivity index (χ0v) is 17.7. The number of benzene rings is 2. The van der Waals surface area contributed by atoms with E-state index >= 15 is 0 Å². The Morgan fingerprint density at radius 2 is 1.61 bits per heavy atom. The van der Waals surface area contributed by atoms with Crippen LogP contribution in [-0.2, 0) is 10.0 Å². The number of carbonyl (C=O) groups excluding carboxylic acids is 1. The van der Waals surface area contributed by atoms with Crippen LogP contribution in [0, 0.1) is 0 Å². The Morgan fingerprint density at radius 3 is 2.21 bits per heavy atom. The van der Waals surface area contributed by atoms with Crippen molar-refractivity contribution in [2.45, 2.75) is 44.7 Å². The van der Waals surface area contributed by atoms with E-state index in [9.17, 15) is 13.2 Å². The van der Waals surface area contributed by atoms with E-state index in [1.807, 2.05) is 0 Å². The van der Waals surface area contributed by atoms with Crippen molar-refractivity contribution in [3.05, 3.63) is 60.2 Å². The fourth-order valence-electron chi connectivity index (χ4n) is 3.05. The van der Waals surface area contributed by atoms with E-state index in [2.05, 4.69) is 42.6 Å². The lowest BCUT2D eigenvalue weighted by molar-refractivity contribution is 0.0939. The van der Waals surface area contributed by atoms with Gasteiger partial charge in [-0.05, 0) is 58.0 Å². The van der Waals surface area contributed by atoms with E-state index < -0.39 is 10.0 Å². The van der Waals surface area contributed by atoms with Gasteiger partial charge in [-0.25, -0.2) is 8.42 Å². The number of carbonyl (C=O) groups is 1. The van der Waals surface area contributed by atoms with Crippen LogP contribution in [0.5, 0.6) is 0 Å². The first-order valence-corrected chi connectivity index (χ1v) is 10.9. The highest BCUT2D eigenvalue weighted by molar-refractivity contribution is 7.92. The molecule has 0 fully saturated rings. The first-order chi connectivity index (χ1) is 13.2. The predicted molar refractivity (Wildman–Crippen MR) is 113 cm³/mol. The Bertz CT molecular complexity index is 873. The van der Waals surface area contributed by atoms with E-state index in [0.717, 1.165) is 6.54 Å².